The monoisotopic (exact) mass is 404 g/mol. The van der Waals surface area contributed by atoms with Gasteiger partial charge in [0.2, 0.25) is 0 Å². The van der Waals surface area contributed by atoms with Gasteiger partial charge in [-0.2, -0.15) is 18.2 Å². The van der Waals surface area contributed by atoms with Crippen LogP contribution in [0.15, 0.2) is 60.8 Å². The lowest BCUT2D eigenvalue weighted by atomic mass is 10.1. The summed E-state index contributed by atoms with van der Waals surface area (Å²) in [4.78, 5) is 21.4. The van der Waals surface area contributed by atoms with E-state index in [-0.39, 0.29) is 22.8 Å². The minimum atomic E-state index is -4.50. The normalized spacial score (nSPS) is 11.1. The summed E-state index contributed by atoms with van der Waals surface area (Å²) in [6.07, 6.45) is -3.34. The number of rotatable bonds is 5. The maximum absolute atomic E-state index is 12.8. The van der Waals surface area contributed by atoms with E-state index in [0.29, 0.717) is 5.69 Å². The predicted octanol–water partition coefficient (Wildman–Crippen LogP) is 3.62. The summed E-state index contributed by atoms with van der Waals surface area (Å²) in [6.45, 7) is 0. The van der Waals surface area contributed by atoms with Crippen LogP contribution < -0.4 is 21.4 Å². The fraction of sp³-hybridized carbons (Fsp3) is 0.0526. The van der Waals surface area contributed by atoms with Gasteiger partial charge in [0.15, 0.2) is 17.3 Å². The molecule has 0 atom stereocenters. The van der Waals surface area contributed by atoms with Gasteiger partial charge in [0.25, 0.3) is 5.91 Å². The molecule has 7 nitrogen and oxygen atoms in total. The first-order valence-electron chi connectivity index (χ1n) is 8.16. The number of nitrogens with two attached hydrogens (primary N) is 2. The summed E-state index contributed by atoms with van der Waals surface area (Å²) in [6, 6.07) is 12.2. The van der Waals surface area contributed by atoms with Gasteiger partial charge in [-0.15, -0.1) is 0 Å². The van der Waals surface area contributed by atoms with Gasteiger partial charge in [-0.05, 0) is 36.4 Å². The van der Waals surface area contributed by atoms with Crippen LogP contribution in [0.25, 0.3) is 0 Å². The van der Waals surface area contributed by atoms with E-state index < -0.39 is 23.4 Å². The molecule has 3 rings (SSSR count). The van der Waals surface area contributed by atoms with E-state index in [1.54, 1.807) is 30.3 Å². The maximum atomic E-state index is 12.8. The second kappa shape index (κ2) is 7.58. The number of benzene rings is 2. The summed E-state index contributed by atoms with van der Waals surface area (Å²) < 4.78 is 38.4. The minimum Gasteiger partial charge on any atom is -0.504 e. The van der Waals surface area contributed by atoms with Crippen molar-refractivity contribution in [2.24, 2.45) is 5.73 Å². The van der Waals surface area contributed by atoms with Gasteiger partial charge in [0.05, 0.1) is 17.4 Å². The van der Waals surface area contributed by atoms with Gasteiger partial charge in [-0.1, -0.05) is 18.2 Å². The number of para-hydroxylation sites is 1. The number of alkyl halides is 3. The highest BCUT2D eigenvalue weighted by Crippen LogP contribution is 2.36. The van der Waals surface area contributed by atoms with Gasteiger partial charge >= 0.3 is 6.18 Å². The summed E-state index contributed by atoms with van der Waals surface area (Å²) in [7, 11) is 0. The number of nitrogen functional groups attached to an aromatic ring is 1. The largest absolute Gasteiger partial charge is 0.504 e. The Hall–Kier alpha value is -3.95. The van der Waals surface area contributed by atoms with Gasteiger partial charge in [-0.25, -0.2) is 4.98 Å². The lowest BCUT2D eigenvalue weighted by Crippen LogP contribution is -2.26. The Kier molecular flexibility index (Phi) is 5.18. The Morgan fingerprint density at radius 3 is 2.24 bits per heavy atom. The van der Waals surface area contributed by atoms with Crippen molar-refractivity contribution in [3.63, 3.8) is 0 Å². The maximum Gasteiger partial charge on any atom is 0.416 e. The quantitative estimate of drug-likeness (QED) is 0.560. The van der Waals surface area contributed by atoms with Gasteiger partial charge in [-0.3, -0.25) is 4.79 Å². The number of amides is 1. The lowest BCUT2D eigenvalue weighted by Gasteiger charge is -2.26. The molecule has 0 unspecified atom stereocenters. The molecule has 0 radical (unpaired) electrons. The molecule has 0 spiro atoms. The highest BCUT2D eigenvalue weighted by molar-refractivity contribution is 6.03. The molecule has 1 amide bonds. The molecule has 1 aromatic heterocycles. The van der Waals surface area contributed by atoms with Crippen molar-refractivity contribution in [1.82, 2.24) is 4.98 Å². The standard InChI is InChI=1S/C19H15F3N4O3/c20-19(21,22)11-6-8-13(9-7-11)29-26(12-4-2-1-3-5-12)14-10-25-17(23)16(27)15(14)18(24)28/h1-10,27H,(H2,23,25)(H2,24,28). The third-order valence-electron chi connectivity index (χ3n) is 3.90. The molecular formula is C19H15F3N4O3. The number of carbonyl (C=O) groups is 1. The fourth-order valence-corrected chi connectivity index (χ4v) is 2.52. The van der Waals surface area contributed by atoms with Crippen LogP contribution in [0.2, 0.25) is 0 Å². The van der Waals surface area contributed by atoms with Crippen molar-refractivity contribution in [1.29, 1.82) is 0 Å². The topological polar surface area (TPSA) is 115 Å². The molecule has 0 aliphatic heterocycles. The Bertz CT molecular complexity index is 1030. The van der Waals surface area contributed by atoms with E-state index in [4.69, 9.17) is 16.3 Å². The molecular weight excluding hydrogens is 389 g/mol. The van der Waals surface area contributed by atoms with Gasteiger partial charge < -0.3 is 21.4 Å². The number of pyridine rings is 1. The van der Waals surface area contributed by atoms with E-state index >= 15 is 0 Å². The molecule has 0 saturated heterocycles. The Labute approximate surface area is 162 Å². The van der Waals surface area contributed by atoms with E-state index in [1.807, 2.05) is 0 Å². The zero-order valence-corrected chi connectivity index (χ0v) is 14.7. The van der Waals surface area contributed by atoms with Crippen LogP contribution >= 0.6 is 0 Å². The molecule has 5 N–H and O–H groups in total. The highest BCUT2D eigenvalue weighted by atomic mass is 19.4. The molecule has 29 heavy (non-hydrogen) atoms. The number of nitrogens with zero attached hydrogens (tertiary/aromatic N) is 2. The summed E-state index contributed by atoms with van der Waals surface area (Å²) in [5.74, 6) is -1.91. The average molecular weight is 404 g/mol. The second-order valence-corrected chi connectivity index (χ2v) is 5.86. The molecule has 0 aliphatic carbocycles. The van der Waals surface area contributed by atoms with Crippen LogP contribution in [0.3, 0.4) is 0 Å². The zero-order chi connectivity index (χ0) is 21.2. The third-order valence-corrected chi connectivity index (χ3v) is 3.90. The molecule has 3 aromatic rings. The van der Waals surface area contributed by atoms with Crippen molar-refractivity contribution in [3.8, 4) is 11.5 Å². The lowest BCUT2D eigenvalue weighted by molar-refractivity contribution is -0.137. The van der Waals surface area contributed by atoms with E-state index in [9.17, 15) is 23.1 Å². The summed E-state index contributed by atoms with van der Waals surface area (Å²) >= 11 is 0. The van der Waals surface area contributed by atoms with Crippen LogP contribution in [0.1, 0.15) is 15.9 Å². The van der Waals surface area contributed by atoms with E-state index in [0.717, 1.165) is 35.5 Å². The van der Waals surface area contributed by atoms with Gasteiger partial charge in [0, 0.05) is 0 Å². The highest BCUT2D eigenvalue weighted by Gasteiger charge is 2.30. The van der Waals surface area contributed by atoms with Crippen molar-refractivity contribution in [2.75, 3.05) is 10.8 Å². The first-order chi connectivity index (χ1) is 13.7. The fourth-order valence-electron chi connectivity index (χ4n) is 2.52. The molecule has 0 aliphatic rings. The first-order valence-corrected chi connectivity index (χ1v) is 8.16. The van der Waals surface area contributed by atoms with Crippen LogP contribution in [-0.2, 0) is 6.18 Å². The SMILES string of the molecule is NC(=O)c1c(N(Oc2ccc(C(F)(F)F)cc2)c2ccccc2)cnc(N)c1O. The molecule has 0 saturated carbocycles. The first kappa shape index (κ1) is 19.8. The second-order valence-electron chi connectivity index (χ2n) is 5.86. The number of halogens is 3. The van der Waals surface area contributed by atoms with E-state index in [1.165, 1.54) is 0 Å². The van der Waals surface area contributed by atoms with Crippen LogP contribution in [0.5, 0.6) is 11.5 Å². The van der Waals surface area contributed by atoms with Gasteiger partial charge in [0.1, 0.15) is 11.3 Å². The molecule has 0 fully saturated rings. The van der Waals surface area contributed by atoms with Crippen LogP contribution in [0.4, 0.5) is 30.4 Å². The molecule has 10 heteroatoms. The molecule has 150 valence electrons. The number of carbonyl (C=O) groups excluding carboxylic acids is 1. The van der Waals surface area contributed by atoms with Crippen molar-refractivity contribution in [3.05, 3.63) is 71.9 Å². The number of hydrogen-bond acceptors (Lipinski definition) is 6. The predicted molar refractivity (Wildman–Crippen MR) is 99.5 cm³/mol. The van der Waals surface area contributed by atoms with Crippen LogP contribution in [0, 0.1) is 0 Å². The summed E-state index contributed by atoms with van der Waals surface area (Å²) in [5, 5.41) is 11.2. The van der Waals surface area contributed by atoms with Crippen molar-refractivity contribution in [2.45, 2.75) is 6.18 Å². The van der Waals surface area contributed by atoms with Crippen molar-refractivity contribution >= 4 is 23.1 Å². The zero-order valence-electron chi connectivity index (χ0n) is 14.7. The minimum absolute atomic E-state index is 0.0357. The molecule has 2 aromatic carbocycles. The Balaban J connectivity index is 2.08. The molecule has 1 heterocycles. The number of aromatic hydroxyl groups is 1. The van der Waals surface area contributed by atoms with E-state index in [2.05, 4.69) is 4.98 Å². The van der Waals surface area contributed by atoms with Crippen LogP contribution in [-0.4, -0.2) is 16.0 Å². The average Bonchev–Trinajstić information content (AvgIpc) is 2.68. The Morgan fingerprint density at radius 2 is 1.69 bits per heavy atom. The third kappa shape index (κ3) is 4.15. The number of primary amides is 1. The van der Waals surface area contributed by atoms with Crippen molar-refractivity contribution < 1.29 is 27.9 Å². The smallest absolute Gasteiger partial charge is 0.416 e. The number of anilines is 3. The number of hydrogen-bond donors (Lipinski definition) is 3. The number of aromatic nitrogens is 1. The molecule has 0 bridgehead atoms. The summed E-state index contributed by atoms with van der Waals surface area (Å²) in [5.41, 5.74) is 10.1. The Morgan fingerprint density at radius 1 is 1.07 bits per heavy atom.